The zero-order chi connectivity index (χ0) is 19.6. The quantitative estimate of drug-likeness (QED) is 0.714. The largest absolute Gasteiger partial charge is 0.370 e. The van der Waals surface area contributed by atoms with Crippen molar-refractivity contribution in [3.05, 3.63) is 64.1 Å². The standard InChI is InChI=1S/C19H21BrN2O4S/c1-21(2)27(24,25)17-5-3-4-15(12-17)19(23)22-10-11-26-18(13-22)14-6-8-16(20)9-7-14/h3-9,12,18H,10-11,13H2,1-2H3. The Balaban J connectivity index is 1.80. The van der Waals surface area contributed by atoms with Crippen LogP contribution in [0.15, 0.2) is 57.9 Å². The zero-order valence-corrected chi connectivity index (χ0v) is 17.5. The molecular formula is C19H21BrN2O4S. The highest BCUT2D eigenvalue weighted by Crippen LogP contribution is 2.25. The van der Waals surface area contributed by atoms with Gasteiger partial charge >= 0.3 is 0 Å². The summed E-state index contributed by atoms with van der Waals surface area (Å²) in [4.78, 5) is 14.7. The molecule has 27 heavy (non-hydrogen) atoms. The second-order valence-corrected chi connectivity index (χ2v) is 9.54. The number of halogens is 1. The van der Waals surface area contributed by atoms with Gasteiger partial charge in [0.2, 0.25) is 10.0 Å². The number of benzene rings is 2. The molecule has 0 radical (unpaired) electrons. The maximum absolute atomic E-state index is 12.9. The van der Waals surface area contributed by atoms with E-state index in [0.717, 1.165) is 14.3 Å². The zero-order valence-electron chi connectivity index (χ0n) is 15.1. The molecule has 1 unspecified atom stereocenters. The molecule has 0 bridgehead atoms. The van der Waals surface area contributed by atoms with Crippen LogP contribution >= 0.6 is 15.9 Å². The normalized spacial score (nSPS) is 17.9. The summed E-state index contributed by atoms with van der Waals surface area (Å²) in [6, 6.07) is 14.0. The van der Waals surface area contributed by atoms with E-state index in [1.54, 1.807) is 17.0 Å². The third kappa shape index (κ3) is 4.40. The van der Waals surface area contributed by atoms with Crippen LogP contribution in [0, 0.1) is 0 Å². The first kappa shape index (κ1) is 20.0. The SMILES string of the molecule is CN(C)S(=O)(=O)c1cccc(C(=O)N2CCOC(c3ccc(Br)cc3)C2)c1. The average molecular weight is 453 g/mol. The van der Waals surface area contributed by atoms with Gasteiger partial charge in [0.15, 0.2) is 0 Å². The number of ether oxygens (including phenoxy) is 1. The number of rotatable bonds is 4. The Bertz CT molecular complexity index is 929. The van der Waals surface area contributed by atoms with Crippen LogP contribution in [-0.4, -0.2) is 57.3 Å². The van der Waals surface area contributed by atoms with Crippen molar-refractivity contribution in [2.45, 2.75) is 11.0 Å². The molecule has 1 aliphatic rings. The smallest absolute Gasteiger partial charge is 0.254 e. The minimum Gasteiger partial charge on any atom is -0.370 e. The van der Waals surface area contributed by atoms with Crippen molar-refractivity contribution >= 4 is 31.9 Å². The molecule has 0 spiro atoms. The Morgan fingerprint density at radius 3 is 2.56 bits per heavy atom. The third-order valence-corrected chi connectivity index (χ3v) is 6.79. The van der Waals surface area contributed by atoms with E-state index in [1.807, 2.05) is 24.3 Å². The fourth-order valence-corrected chi connectivity index (χ4v) is 4.11. The Labute approximate surface area is 167 Å². The van der Waals surface area contributed by atoms with Crippen LogP contribution in [0.25, 0.3) is 0 Å². The summed E-state index contributed by atoms with van der Waals surface area (Å²) in [6.07, 6.45) is -0.204. The molecule has 1 heterocycles. The molecule has 0 N–H and O–H groups in total. The second-order valence-electron chi connectivity index (χ2n) is 6.48. The average Bonchev–Trinajstić information content (AvgIpc) is 2.68. The van der Waals surface area contributed by atoms with E-state index in [9.17, 15) is 13.2 Å². The predicted octanol–water partition coefficient (Wildman–Crippen LogP) is 2.91. The van der Waals surface area contributed by atoms with Crippen LogP contribution in [0.3, 0.4) is 0 Å². The van der Waals surface area contributed by atoms with E-state index in [2.05, 4.69) is 15.9 Å². The summed E-state index contributed by atoms with van der Waals surface area (Å²) in [5.41, 5.74) is 1.36. The van der Waals surface area contributed by atoms with Crippen LogP contribution in [0.4, 0.5) is 0 Å². The molecule has 3 rings (SSSR count). The van der Waals surface area contributed by atoms with Crippen LogP contribution < -0.4 is 0 Å². The number of sulfonamides is 1. The molecule has 8 heteroatoms. The van der Waals surface area contributed by atoms with Gasteiger partial charge in [-0.2, -0.15) is 0 Å². The molecule has 0 aromatic heterocycles. The number of nitrogens with zero attached hydrogens (tertiary/aromatic N) is 2. The molecule has 1 amide bonds. The van der Waals surface area contributed by atoms with Crippen LogP contribution in [0.1, 0.15) is 22.0 Å². The first-order valence-corrected chi connectivity index (χ1v) is 10.7. The number of hydrogen-bond donors (Lipinski definition) is 0. The van der Waals surface area contributed by atoms with Gasteiger partial charge in [-0.25, -0.2) is 12.7 Å². The monoisotopic (exact) mass is 452 g/mol. The second kappa shape index (κ2) is 8.10. The molecule has 2 aromatic carbocycles. The molecular weight excluding hydrogens is 432 g/mol. The third-order valence-electron chi connectivity index (χ3n) is 4.46. The van der Waals surface area contributed by atoms with E-state index in [0.29, 0.717) is 25.3 Å². The topological polar surface area (TPSA) is 66.9 Å². The van der Waals surface area contributed by atoms with E-state index in [1.165, 1.54) is 26.2 Å². The molecule has 1 atom stereocenters. The summed E-state index contributed by atoms with van der Waals surface area (Å²) >= 11 is 3.41. The van der Waals surface area contributed by atoms with Gasteiger partial charge in [0.25, 0.3) is 5.91 Å². The fraction of sp³-hybridized carbons (Fsp3) is 0.316. The van der Waals surface area contributed by atoms with Gasteiger partial charge in [-0.05, 0) is 35.9 Å². The van der Waals surface area contributed by atoms with E-state index in [4.69, 9.17) is 4.74 Å². The lowest BCUT2D eigenvalue weighted by molar-refractivity contribution is -0.0228. The lowest BCUT2D eigenvalue weighted by Gasteiger charge is -2.33. The van der Waals surface area contributed by atoms with Gasteiger partial charge < -0.3 is 9.64 Å². The van der Waals surface area contributed by atoms with Crippen molar-refractivity contribution in [3.8, 4) is 0 Å². The fourth-order valence-electron chi connectivity index (χ4n) is 2.90. The van der Waals surface area contributed by atoms with Crippen LogP contribution in [0.5, 0.6) is 0 Å². The van der Waals surface area contributed by atoms with E-state index < -0.39 is 10.0 Å². The Morgan fingerprint density at radius 1 is 1.19 bits per heavy atom. The number of morpholine rings is 1. The minimum absolute atomic E-state index is 0.107. The number of carbonyl (C=O) groups excluding carboxylic acids is 1. The van der Waals surface area contributed by atoms with E-state index in [-0.39, 0.29) is 16.9 Å². The molecule has 1 aliphatic heterocycles. The molecule has 2 aromatic rings. The Morgan fingerprint density at radius 2 is 1.89 bits per heavy atom. The summed E-state index contributed by atoms with van der Waals surface area (Å²) in [5.74, 6) is -0.198. The molecule has 1 fully saturated rings. The highest BCUT2D eigenvalue weighted by molar-refractivity contribution is 9.10. The number of carbonyl (C=O) groups is 1. The number of amides is 1. The Hall–Kier alpha value is -1.74. The van der Waals surface area contributed by atoms with Crippen molar-refractivity contribution < 1.29 is 17.9 Å². The molecule has 0 saturated carbocycles. The van der Waals surface area contributed by atoms with Crippen LogP contribution in [0.2, 0.25) is 0 Å². The van der Waals surface area contributed by atoms with Gasteiger partial charge in [-0.15, -0.1) is 0 Å². The molecule has 0 aliphatic carbocycles. The summed E-state index contributed by atoms with van der Waals surface area (Å²) < 4.78 is 32.6. The summed E-state index contributed by atoms with van der Waals surface area (Å²) in [6.45, 7) is 1.32. The highest BCUT2D eigenvalue weighted by atomic mass is 79.9. The Kier molecular flexibility index (Phi) is 6.00. The lowest BCUT2D eigenvalue weighted by atomic mass is 10.1. The van der Waals surface area contributed by atoms with Crippen molar-refractivity contribution in [1.82, 2.24) is 9.21 Å². The predicted molar refractivity (Wildman–Crippen MR) is 106 cm³/mol. The lowest BCUT2D eigenvalue weighted by Crippen LogP contribution is -2.42. The minimum atomic E-state index is -3.59. The van der Waals surface area contributed by atoms with Gasteiger partial charge in [-0.1, -0.05) is 34.1 Å². The first-order chi connectivity index (χ1) is 12.8. The highest BCUT2D eigenvalue weighted by Gasteiger charge is 2.27. The number of hydrogen-bond acceptors (Lipinski definition) is 4. The maximum atomic E-state index is 12.9. The first-order valence-electron chi connectivity index (χ1n) is 8.48. The van der Waals surface area contributed by atoms with Gasteiger partial charge in [0.05, 0.1) is 18.0 Å². The maximum Gasteiger partial charge on any atom is 0.254 e. The molecule has 1 saturated heterocycles. The van der Waals surface area contributed by atoms with Gasteiger partial charge in [0, 0.05) is 30.7 Å². The summed E-state index contributed by atoms with van der Waals surface area (Å²) in [7, 11) is -0.654. The van der Waals surface area contributed by atoms with Crippen molar-refractivity contribution in [2.24, 2.45) is 0 Å². The summed E-state index contributed by atoms with van der Waals surface area (Å²) in [5, 5.41) is 0. The van der Waals surface area contributed by atoms with Crippen LogP contribution in [-0.2, 0) is 14.8 Å². The molecule has 144 valence electrons. The van der Waals surface area contributed by atoms with E-state index >= 15 is 0 Å². The van der Waals surface area contributed by atoms with Crippen molar-refractivity contribution in [3.63, 3.8) is 0 Å². The van der Waals surface area contributed by atoms with Gasteiger partial charge in [-0.3, -0.25) is 4.79 Å². The molecule has 6 nitrogen and oxygen atoms in total. The van der Waals surface area contributed by atoms with Crippen molar-refractivity contribution in [1.29, 1.82) is 0 Å². The van der Waals surface area contributed by atoms with Gasteiger partial charge in [0.1, 0.15) is 6.10 Å². The van der Waals surface area contributed by atoms with Crippen molar-refractivity contribution in [2.75, 3.05) is 33.8 Å².